The Morgan fingerprint density at radius 2 is 1.83 bits per heavy atom. The summed E-state index contributed by atoms with van der Waals surface area (Å²) in [6.45, 7) is 1.84. The number of sulfonamides is 1. The van der Waals surface area contributed by atoms with Gasteiger partial charge in [0.1, 0.15) is 17.5 Å². The van der Waals surface area contributed by atoms with Crippen LogP contribution in [0.3, 0.4) is 0 Å². The average Bonchev–Trinajstić information content (AvgIpc) is 2.94. The van der Waals surface area contributed by atoms with Crippen LogP contribution in [0.2, 0.25) is 0 Å². The molecule has 0 bridgehead atoms. The minimum Gasteiger partial charge on any atom is -0.288 e. The summed E-state index contributed by atoms with van der Waals surface area (Å²) in [6.07, 6.45) is 4.83. The number of halogens is 1. The van der Waals surface area contributed by atoms with Crippen LogP contribution >= 0.6 is 0 Å². The van der Waals surface area contributed by atoms with E-state index in [9.17, 15) is 12.8 Å². The number of aryl methyl sites for hydroxylation is 1. The lowest BCUT2D eigenvalue weighted by Crippen LogP contribution is -2.13. The Balaban J connectivity index is 1.83. The molecular formula is C15H13FN4O2S. The van der Waals surface area contributed by atoms with E-state index in [1.165, 1.54) is 18.3 Å². The minimum absolute atomic E-state index is 0.0200. The van der Waals surface area contributed by atoms with Crippen molar-refractivity contribution in [1.29, 1.82) is 0 Å². The van der Waals surface area contributed by atoms with Crippen molar-refractivity contribution in [3.63, 3.8) is 0 Å². The van der Waals surface area contributed by atoms with Crippen molar-refractivity contribution in [3.05, 3.63) is 66.6 Å². The van der Waals surface area contributed by atoms with Gasteiger partial charge in [-0.15, -0.1) is 0 Å². The lowest BCUT2D eigenvalue weighted by molar-refractivity contribution is 0.599. The Kier molecular flexibility index (Phi) is 3.83. The summed E-state index contributed by atoms with van der Waals surface area (Å²) in [4.78, 5) is 8.29. The van der Waals surface area contributed by atoms with Crippen LogP contribution in [0.25, 0.3) is 5.82 Å². The van der Waals surface area contributed by atoms with E-state index in [0.29, 0.717) is 11.5 Å². The standard InChI is InChI=1S/C15H13FN4O2S/c1-11-17-8-9-20(11)15-7-4-13(10-18-15)19-23(21,22)14-5-2-12(16)3-6-14/h2-10,19H,1H3. The van der Waals surface area contributed by atoms with Crippen LogP contribution in [0.5, 0.6) is 0 Å². The third-order valence-corrected chi connectivity index (χ3v) is 4.59. The summed E-state index contributed by atoms with van der Waals surface area (Å²) in [5.74, 6) is 0.910. The number of hydrogen-bond donors (Lipinski definition) is 1. The molecule has 1 N–H and O–H groups in total. The van der Waals surface area contributed by atoms with Gasteiger partial charge in [-0.2, -0.15) is 0 Å². The van der Waals surface area contributed by atoms with Crippen LogP contribution in [-0.2, 0) is 10.0 Å². The van der Waals surface area contributed by atoms with Crippen molar-refractivity contribution >= 4 is 15.7 Å². The maximum Gasteiger partial charge on any atom is 0.261 e. The van der Waals surface area contributed by atoms with Crippen molar-refractivity contribution in [2.75, 3.05) is 4.72 Å². The van der Waals surface area contributed by atoms with Gasteiger partial charge in [0.2, 0.25) is 0 Å². The molecule has 0 amide bonds. The van der Waals surface area contributed by atoms with Gasteiger partial charge in [-0.05, 0) is 43.3 Å². The molecule has 0 saturated carbocycles. The quantitative estimate of drug-likeness (QED) is 0.796. The zero-order chi connectivity index (χ0) is 16.4. The van der Waals surface area contributed by atoms with Gasteiger partial charge in [0.05, 0.1) is 16.8 Å². The Morgan fingerprint density at radius 1 is 1.09 bits per heavy atom. The van der Waals surface area contributed by atoms with Gasteiger partial charge in [-0.3, -0.25) is 9.29 Å². The third kappa shape index (κ3) is 3.21. The van der Waals surface area contributed by atoms with E-state index in [-0.39, 0.29) is 4.90 Å². The summed E-state index contributed by atoms with van der Waals surface area (Å²) in [6, 6.07) is 7.87. The number of anilines is 1. The Hall–Kier alpha value is -2.74. The second kappa shape index (κ2) is 5.81. The van der Waals surface area contributed by atoms with E-state index >= 15 is 0 Å². The highest BCUT2D eigenvalue weighted by atomic mass is 32.2. The first-order chi connectivity index (χ1) is 11.0. The highest BCUT2D eigenvalue weighted by molar-refractivity contribution is 7.92. The molecule has 0 fully saturated rings. The lowest BCUT2D eigenvalue weighted by Gasteiger charge is -2.09. The molecule has 8 heteroatoms. The highest BCUT2D eigenvalue weighted by Crippen LogP contribution is 2.17. The van der Waals surface area contributed by atoms with E-state index in [0.717, 1.165) is 18.0 Å². The second-order valence-electron chi connectivity index (χ2n) is 4.81. The third-order valence-electron chi connectivity index (χ3n) is 3.20. The van der Waals surface area contributed by atoms with Crippen LogP contribution in [0, 0.1) is 12.7 Å². The maximum absolute atomic E-state index is 12.9. The van der Waals surface area contributed by atoms with Crippen LogP contribution in [0.1, 0.15) is 5.82 Å². The predicted octanol–water partition coefficient (Wildman–Crippen LogP) is 2.52. The van der Waals surface area contributed by atoms with E-state index in [1.54, 1.807) is 29.1 Å². The van der Waals surface area contributed by atoms with Crippen LogP contribution in [0.4, 0.5) is 10.1 Å². The zero-order valence-corrected chi connectivity index (χ0v) is 13.0. The number of nitrogens with one attached hydrogen (secondary N) is 1. The molecule has 23 heavy (non-hydrogen) atoms. The summed E-state index contributed by atoms with van der Waals surface area (Å²) in [7, 11) is -3.78. The Bertz CT molecular complexity index is 919. The molecule has 0 saturated heterocycles. The number of nitrogens with zero attached hydrogens (tertiary/aromatic N) is 3. The molecule has 0 atom stereocenters. The van der Waals surface area contributed by atoms with Crippen molar-refractivity contribution in [2.24, 2.45) is 0 Å². The first kappa shape index (κ1) is 15.2. The van der Waals surface area contributed by atoms with Crippen LogP contribution in [-0.4, -0.2) is 23.0 Å². The number of rotatable bonds is 4. The normalized spacial score (nSPS) is 11.4. The second-order valence-corrected chi connectivity index (χ2v) is 6.49. The van der Waals surface area contributed by atoms with E-state index in [2.05, 4.69) is 14.7 Å². The Morgan fingerprint density at radius 3 is 2.39 bits per heavy atom. The topological polar surface area (TPSA) is 76.9 Å². The first-order valence-corrected chi connectivity index (χ1v) is 8.19. The molecule has 2 heterocycles. The SMILES string of the molecule is Cc1nccn1-c1ccc(NS(=O)(=O)c2ccc(F)cc2)cn1. The Labute approximate surface area is 132 Å². The molecule has 0 aliphatic heterocycles. The summed E-state index contributed by atoms with van der Waals surface area (Å²) < 4.78 is 41.5. The van der Waals surface area contributed by atoms with Crippen molar-refractivity contribution < 1.29 is 12.8 Å². The molecule has 2 aromatic heterocycles. The number of imidazole rings is 1. The average molecular weight is 332 g/mol. The molecule has 1 aromatic carbocycles. The van der Waals surface area contributed by atoms with Gasteiger partial charge in [0, 0.05) is 12.4 Å². The molecule has 118 valence electrons. The molecule has 0 spiro atoms. The molecule has 0 radical (unpaired) electrons. The minimum atomic E-state index is -3.78. The van der Waals surface area contributed by atoms with E-state index < -0.39 is 15.8 Å². The summed E-state index contributed by atoms with van der Waals surface area (Å²) >= 11 is 0. The van der Waals surface area contributed by atoms with Gasteiger partial charge in [0.25, 0.3) is 10.0 Å². The maximum atomic E-state index is 12.9. The van der Waals surface area contributed by atoms with Crippen LogP contribution in [0.15, 0.2) is 59.9 Å². The van der Waals surface area contributed by atoms with Gasteiger partial charge in [-0.25, -0.2) is 22.8 Å². The van der Waals surface area contributed by atoms with Gasteiger partial charge >= 0.3 is 0 Å². The molecule has 6 nitrogen and oxygen atoms in total. The molecule has 0 unspecified atom stereocenters. The smallest absolute Gasteiger partial charge is 0.261 e. The number of benzene rings is 1. The molecule has 0 aliphatic rings. The highest BCUT2D eigenvalue weighted by Gasteiger charge is 2.14. The number of aromatic nitrogens is 3. The van der Waals surface area contributed by atoms with Crippen molar-refractivity contribution in [1.82, 2.24) is 14.5 Å². The molecule has 3 aromatic rings. The first-order valence-electron chi connectivity index (χ1n) is 6.70. The van der Waals surface area contributed by atoms with E-state index in [1.807, 2.05) is 6.92 Å². The molecular weight excluding hydrogens is 319 g/mol. The van der Waals surface area contributed by atoms with E-state index in [4.69, 9.17) is 0 Å². The molecule has 3 rings (SSSR count). The monoisotopic (exact) mass is 332 g/mol. The summed E-state index contributed by atoms with van der Waals surface area (Å²) in [5, 5.41) is 0. The zero-order valence-electron chi connectivity index (χ0n) is 12.1. The van der Waals surface area contributed by atoms with Crippen molar-refractivity contribution in [3.8, 4) is 5.82 Å². The fourth-order valence-electron chi connectivity index (χ4n) is 2.04. The largest absolute Gasteiger partial charge is 0.288 e. The van der Waals surface area contributed by atoms with Gasteiger partial charge in [-0.1, -0.05) is 0 Å². The summed E-state index contributed by atoms with van der Waals surface area (Å²) in [5.41, 5.74) is 0.316. The number of pyridine rings is 1. The number of hydrogen-bond acceptors (Lipinski definition) is 4. The lowest BCUT2D eigenvalue weighted by atomic mass is 10.4. The van der Waals surface area contributed by atoms with Crippen LogP contribution < -0.4 is 4.72 Å². The van der Waals surface area contributed by atoms with Gasteiger partial charge < -0.3 is 0 Å². The van der Waals surface area contributed by atoms with Crippen molar-refractivity contribution in [2.45, 2.75) is 11.8 Å². The fourth-order valence-corrected chi connectivity index (χ4v) is 3.08. The fraction of sp³-hybridized carbons (Fsp3) is 0.0667. The molecule has 0 aliphatic carbocycles. The predicted molar refractivity (Wildman–Crippen MR) is 83.3 cm³/mol. The van der Waals surface area contributed by atoms with Gasteiger partial charge in [0.15, 0.2) is 0 Å².